The van der Waals surface area contributed by atoms with E-state index in [0.29, 0.717) is 0 Å². The van der Waals surface area contributed by atoms with Crippen molar-refractivity contribution in [2.75, 3.05) is 0 Å². The van der Waals surface area contributed by atoms with Crippen molar-refractivity contribution in [3.63, 3.8) is 0 Å². The summed E-state index contributed by atoms with van der Waals surface area (Å²) in [7, 11) is 0. The van der Waals surface area contributed by atoms with E-state index in [2.05, 4.69) is 10.3 Å². The Labute approximate surface area is 111 Å². The number of benzene rings is 1. The highest BCUT2D eigenvalue weighted by molar-refractivity contribution is 7.11. The number of aromatic nitrogens is 1. The van der Waals surface area contributed by atoms with Crippen molar-refractivity contribution < 1.29 is 18.7 Å². The Morgan fingerprint density at radius 2 is 2.21 bits per heavy atom. The molecule has 1 aromatic carbocycles. The van der Waals surface area contributed by atoms with Crippen LogP contribution in [0.5, 0.6) is 5.75 Å². The Morgan fingerprint density at radius 1 is 1.47 bits per heavy atom. The predicted octanol–water partition coefficient (Wildman–Crippen LogP) is 2.37. The lowest BCUT2D eigenvalue weighted by molar-refractivity contribution is 0.0942. The Bertz CT molecular complexity index is 628. The fraction of sp³-hybridized carbons (Fsp3) is 0.167. The summed E-state index contributed by atoms with van der Waals surface area (Å²) in [6.45, 7) is 1.93. The zero-order valence-corrected chi connectivity index (χ0v) is 10.7. The quantitative estimate of drug-likeness (QED) is 0.909. The number of phenols is 1. The van der Waals surface area contributed by atoms with Crippen molar-refractivity contribution in [3.05, 3.63) is 45.4 Å². The van der Waals surface area contributed by atoms with Crippen molar-refractivity contribution in [1.82, 2.24) is 10.3 Å². The lowest BCUT2D eigenvalue weighted by atomic mass is 10.1. The maximum Gasteiger partial charge on any atom is 0.257 e. The van der Waals surface area contributed by atoms with Gasteiger partial charge in [-0.1, -0.05) is 0 Å². The number of nitrogens with one attached hydrogen (secondary N) is 1. The van der Waals surface area contributed by atoms with Crippen molar-refractivity contribution in [2.45, 2.75) is 13.5 Å². The van der Waals surface area contributed by atoms with Gasteiger partial charge in [-0.2, -0.15) is 0 Å². The number of carbonyl (C=O) groups is 1. The highest BCUT2D eigenvalue weighted by atomic mass is 32.1. The number of hydrogen-bond acceptors (Lipinski definition) is 4. The first kappa shape index (κ1) is 13.4. The van der Waals surface area contributed by atoms with Crippen molar-refractivity contribution in [1.29, 1.82) is 0 Å². The monoisotopic (exact) mass is 284 g/mol. The first-order valence-corrected chi connectivity index (χ1v) is 6.17. The molecular formula is C12H10F2N2O2S. The molecule has 0 fully saturated rings. The second-order valence-electron chi connectivity index (χ2n) is 3.78. The van der Waals surface area contributed by atoms with Gasteiger partial charge in [0, 0.05) is 11.1 Å². The van der Waals surface area contributed by atoms with Crippen LogP contribution in [0.3, 0.4) is 0 Å². The molecule has 19 heavy (non-hydrogen) atoms. The number of aromatic hydroxyl groups is 1. The molecule has 4 nitrogen and oxygen atoms in total. The number of carbonyl (C=O) groups excluding carboxylic acids is 1. The van der Waals surface area contributed by atoms with Crippen LogP contribution < -0.4 is 5.32 Å². The van der Waals surface area contributed by atoms with E-state index in [0.717, 1.165) is 22.0 Å². The third-order valence-electron chi connectivity index (χ3n) is 2.39. The van der Waals surface area contributed by atoms with Crippen LogP contribution in [0, 0.1) is 18.6 Å². The fourth-order valence-electron chi connectivity index (χ4n) is 1.49. The molecule has 2 N–H and O–H groups in total. The molecule has 7 heteroatoms. The summed E-state index contributed by atoms with van der Waals surface area (Å²) in [5.74, 6) is -3.97. The average Bonchev–Trinajstić information content (AvgIpc) is 2.78. The van der Waals surface area contributed by atoms with E-state index >= 15 is 0 Å². The van der Waals surface area contributed by atoms with Crippen LogP contribution in [0.1, 0.15) is 20.2 Å². The topological polar surface area (TPSA) is 62.2 Å². The second-order valence-corrected chi connectivity index (χ2v) is 5.10. The van der Waals surface area contributed by atoms with E-state index < -0.39 is 28.9 Å². The molecule has 1 heterocycles. The van der Waals surface area contributed by atoms with Gasteiger partial charge in [-0.05, 0) is 19.1 Å². The number of amides is 1. The molecule has 1 amide bonds. The lowest BCUT2D eigenvalue weighted by Crippen LogP contribution is -2.24. The van der Waals surface area contributed by atoms with E-state index in [9.17, 15) is 13.6 Å². The van der Waals surface area contributed by atoms with Crippen molar-refractivity contribution in [3.8, 4) is 5.75 Å². The minimum absolute atomic E-state index is 0.124. The average molecular weight is 284 g/mol. The number of rotatable bonds is 3. The van der Waals surface area contributed by atoms with Gasteiger partial charge in [-0.3, -0.25) is 4.79 Å². The SMILES string of the molecule is Cc1ncc(CNC(=O)c2c(F)ccc(O)c2F)s1. The second kappa shape index (κ2) is 5.31. The zero-order chi connectivity index (χ0) is 14.0. The minimum atomic E-state index is -1.27. The summed E-state index contributed by atoms with van der Waals surface area (Å²) in [5.41, 5.74) is -0.791. The molecule has 0 saturated carbocycles. The maximum atomic E-state index is 13.5. The summed E-state index contributed by atoms with van der Waals surface area (Å²) in [5, 5.41) is 12.3. The molecule has 1 aromatic heterocycles. The standard InChI is InChI=1S/C12H10F2N2O2S/c1-6-15-4-7(19-6)5-16-12(18)10-8(13)2-3-9(17)11(10)14/h2-4,17H,5H2,1H3,(H,16,18). The van der Waals surface area contributed by atoms with Gasteiger partial charge in [0.05, 0.1) is 11.6 Å². The van der Waals surface area contributed by atoms with Gasteiger partial charge in [0.1, 0.15) is 11.4 Å². The Balaban J connectivity index is 2.14. The molecule has 0 aliphatic rings. The molecule has 0 unspecified atom stereocenters. The van der Waals surface area contributed by atoms with Crippen molar-refractivity contribution >= 4 is 17.2 Å². The molecule has 0 atom stereocenters. The number of hydrogen-bond donors (Lipinski definition) is 2. The summed E-state index contributed by atoms with van der Waals surface area (Å²) in [6.07, 6.45) is 1.58. The number of aryl methyl sites for hydroxylation is 1. The maximum absolute atomic E-state index is 13.5. The third-order valence-corrected chi connectivity index (χ3v) is 3.30. The number of thiazole rings is 1. The predicted molar refractivity (Wildman–Crippen MR) is 66.0 cm³/mol. The van der Waals surface area contributed by atoms with Gasteiger partial charge < -0.3 is 10.4 Å². The molecule has 0 radical (unpaired) electrons. The molecule has 0 aliphatic carbocycles. The Hall–Kier alpha value is -2.02. The summed E-state index contributed by atoms with van der Waals surface area (Å²) >= 11 is 1.37. The first-order chi connectivity index (χ1) is 8.99. The smallest absolute Gasteiger partial charge is 0.257 e. The number of phenolic OH excluding ortho intramolecular Hbond substituents is 1. The lowest BCUT2D eigenvalue weighted by Gasteiger charge is -2.06. The van der Waals surface area contributed by atoms with Crippen LogP contribution in [-0.2, 0) is 6.54 Å². The van der Waals surface area contributed by atoms with E-state index in [-0.39, 0.29) is 6.54 Å². The fourth-order valence-corrected chi connectivity index (χ4v) is 2.23. The van der Waals surface area contributed by atoms with Crippen LogP contribution in [-0.4, -0.2) is 16.0 Å². The van der Waals surface area contributed by atoms with E-state index in [1.807, 2.05) is 6.92 Å². The van der Waals surface area contributed by atoms with Gasteiger partial charge in [0.15, 0.2) is 11.6 Å². The van der Waals surface area contributed by atoms with Crippen LogP contribution in [0.15, 0.2) is 18.3 Å². The largest absolute Gasteiger partial charge is 0.505 e. The molecule has 0 saturated heterocycles. The highest BCUT2D eigenvalue weighted by Gasteiger charge is 2.20. The molecule has 0 spiro atoms. The molecular weight excluding hydrogens is 274 g/mol. The number of halogens is 2. The number of nitrogens with zero attached hydrogens (tertiary/aromatic N) is 1. The van der Waals surface area contributed by atoms with Crippen LogP contribution >= 0.6 is 11.3 Å². The van der Waals surface area contributed by atoms with E-state index in [1.54, 1.807) is 6.20 Å². The molecule has 0 aliphatic heterocycles. The van der Waals surface area contributed by atoms with Gasteiger partial charge >= 0.3 is 0 Å². The van der Waals surface area contributed by atoms with Gasteiger partial charge in [0.25, 0.3) is 5.91 Å². The van der Waals surface area contributed by atoms with Gasteiger partial charge in [-0.15, -0.1) is 11.3 Å². The molecule has 2 aromatic rings. The zero-order valence-electron chi connectivity index (χ0n) is 9.91. The molecule has 2 rings (SSSR count). The Kier molecular flexibility index (Phi) is 3.75. The van der Waals surface area contributed by atoms with E-state index in [1.165, 1.54) is 11.3 Å². The first-order valence-electron chi connectivity index (χ1n) is 5.35. The third kappa shape index (κ3) is 2.87. The van der Waals surface area contributed by atoms with Crippen molar-refractivity contribution in [2.24, 2.45) is 0 Å². The normalized spacial score (nSPS) is 10.5. The molecule has 100 valence electrons. The van der Waals surface area contributed by atoms with Crippen LogP contribution in [0.25, 0.3) is 0 Å². The minimum Gasteiger partial charge on any atom is -0.505 e. The Morgan fingerprint density at radius 3 is 2.84 bits per heavy atom. The van der Waals surface area contributed by atoms with E-state index in [4.69, 9.17) is 5.11 Å². The summed E-state index contributed by atoms with van der Waals surface area (Å²) in [6, 6.07) is 1.69. The van der Waals surface area contributed by atoms with Gasteiger partial charge in [-0.25, -0.2) is 13.8 Å². The van der Waals surface area contributed by atoms with Crippen LogP contribution in [0.2, 0.25) is 0 Å². The molecule has 0 bridgehead atoms. The van der Waals surface area contributed by atoms with Crippen LogP contribution in [0.4, 0.5) is 8.78 Å². The summed E-state index contributed by atoms with van der Waals surface area (Å²) < 4.78 is 26.9. The summed E-state index contributed by atoms with van der Waals surface area (Å²) in [4.78, 5) is 16.5. The highest BCUT2D eigenvalue weighted by Crippen LogP contribution is 2.22. The van der Waals surface area contributed by atoms with Gasteiger partial charge in [0.2, 0.25) is 0 Å².